The number of aromatic nitrogens is 7. The number of nitrogen functional groups attached to an aromatic ring is 2. The van der Waals surface area contributed by atoms with Gasteiger partial charge in [0.2, 0.25) is 0 Å². The molecule has 3 aromatic heterocycles. The molecule has 0 spiro atoms. The van der Waals surface area contributed by atoms with E-state index in [9.17, 15) is 9.59 Å². The molecule has 0 saturated heterocycles. The molecule has 0 radical (unpaired) electrons. The first-order valence-electron chi connectivity index (χ1n) is 30.0. The van der Waals surface area contributed by atoms with Gasteiger partial charge in [0.05, 0.1) is 29.9 Å². The minimum atomic E-state index is -0.545. The third-order valence-corrected chi connectivity index (χ3v) is 15.2. The molecule has 80 heavy (non-hydrogen) atoms. The molecule has 0 bridgehead atoms. The van der Waals surface area contributed by atoms with Crippen LogP contribution in [0.3, 0.4) is 0 Å². The summed E-state index contributed by atoms with van der Waals surface area (Å²) in [6.07, 6.45) is 17.0. The van der Waals surface area contributed by atoms with Crippen molar-refractivity contribution in [3.05, 3.63) is 71.0 Å². The fraction of sp³-hybridized carbons (Fsp3) is 0.629. The van der Waals surface area contributed by atoms with Crippen LogP contribution in [-0.2, 0) is 10.8 Å². The highest BCUT2D eigenvalue weighted by molar-refractivity contribution is 5.95. The molecule has 0 aliphatic rings. The number of rotatable bonds is 31. The lowest BCUT2D eigenvalue weighted by Gasteiger charge is -2.34. The van der Waals surface area contributed by atoms with Crippen LogP contribution in [0.2, 0.25) is 0 Å². The predicted octanol–water partition coefficient (Wildman–Crippen LogP) is 16.1. The second kappa shape index (κ2) is 30.3. The van der Waals surface area contributed by atoms with Crippen LogP contribution in [0.25, 0.3) is 11.9 Å². The van der Waals surface area contributed by atoms with E-state index in [0.29, 0.717) is 57.1 Å². The smallest absolute Gasteiger partial charge is 0.322 e. The summed E-state index contributed by atoms with van der Waals surface area (Å²) in [6.45, 7) is 31.2. The summed E-state index contributed by atoms with van der Waals surface area (Å²) < 4.78 is 8.37. The van der Waals surface area contributed by atoms with Crippen molar-refractivity contribution < 1.29 is 14.3 Å². The number of methoxy groups -OCH3 is 1. The van der Waals surface area contributed by atoms with Crippen LogP contribution in [0.4, 0.5) is 34.4 Å². The molecule has 18 nitrogen and oxygen atoms in total. The largest absolute Gasteiger partial charge is 0.467 e. The topological polar surface area (TPSA) is 226 Å². The molecular weight excluding hydrogens is 1000 g/mol. The highest BCUT2D eigenvalue weighted by Gasteiger charge is 2.32. The van der Waals surface area contributed by atoms with Crippen molar-refractivity contribution >= 4 is 46.2 Å². The van der Waals surface area contributed by atoms with Gasteiger partial charge in [-0.05, 0) is 98.9 Å². The zero-order chi connectivity index (χ0) is 58.7. The number of nitrogens with zero attached hydrogens (tertiary/aromatic N) is 13. The number of amides is 2. The van der Waals surface area contributed by atoms with Crippen LogP contribution < -0.4 is 16.2 Å². The van der Waals surface area contributed by atoms with Crippen LogP contribution in [0.15, 0.2) is 69.0 Å². The molecule has 0 aliphatic heterocycles. The normalized spacial score (nSPS) is 13.7. The maximum atomic E-state index is 14.3. The Hall–Kier alpha value is -6.59. The van der Waals surface area contributed by atoms with Gasteiger partial charge in [0.1, 0.15) is 0 Å². The van der Waals surface area contributed by atoms with Gasteiger partial charge in [-0.1, -0.05) is 161 Å². The molecule has 4 unspecified atom stereocenters. The predicted molar refractivity (Wildman–Crippen MR) is 324 cm³/mol. The number of unbranched alkanes of at least 4 members (excludes halogenated alkanes) is 4. The Morgan fingerprint density at radius 3 is 1.18 bits per heavy atom. The van der Waals surface area contributed by atoms with E-state index in [2.05, 4.69) is 95.6 Å². The monoisotopic (exact) mass is 1100 g/mol. The highest BCUT2D eigenvalue weighted by atomic mass is 16.5. The van der Waals surface area contributed by atoms with Crippen molar-refractivity contribution in [3.8, 4) is 17.9 Å². The highest BCUT2D eigenvalue weighted by Crippen LogP contribution is 2.40. The first-order chi connectivity index (χ1) is 38.2. The minimum Gasteiger partial charge on any atom is -0.467 e. The van der Waals surface area contributed by atoms with E-state index in [1.807, 2.05) is 90.1 Å². The number of azo groups is 2. The molecule has 4 N–H and O–H groups in total. The van der Waals surface area contributed by atoms with Gasteiger partial charge in [-0.25, -0.2) is 0 Å². The van der Waals surface area contributed by atoms with E-state index in [1.54, 1.807) is 0 Å². The number of hydrogen-bond acceptors (Lipinski definition) is 14. The lowest BCUT2D eigenvalue weighted by molar-refractivity contribution is 0.0606. The molecule has 0 saturated carbocycles. The fourth-order valence-electron chi connectivity index (χ4n) is 10.1. The van der Waals surface area contributed by atoms with E-state index in [-0.39, 0.29) is 53.4 Å². The van der Waals surface area contributed by atoms with Gasteiger partial charge in [0.15, 0.2) is 23.0 Å². The van der Waals surface area contributed by atoms with Crippen molar-refractivity contribution in [3.63, 3.8) is 0 Å². The van der Waals surface area contributed by atoms with Crippen molar-refractivity contribution in [2.24, 2.45) is 32.3 Å². The molecular formula is C62H97N15O3. The number of ether oxygens (including phenoxy) is 1. The lowest BCUT2D eigenvalue weighted by atomic mass is 9.91. The standard InChI is InChI=1S/C62H97N15O3/c1-16-24-28-42(20-5)40-74(48(22-7)30-26-18-3)56(78)44-32-36-46(37-33-44)68-70-50-52(61(9,10)11)72-76(54(50)63)58-65-59(67-60(66-58)80-15)77-55(64)51(53(73-77)62(12,13)14)71-69-47-38-34-45(35-39-47)57(79)75(49(23-8)31-27-19-4)41-43(21-6)29-25-17-2/h32-39,42-43,48-49H,16-31,40-41,63-64H2,1-15H3. The third-order valence-electron chi connectivity index (χ3n) is 15.2. The van der Waals surface area contributed by atoms with E-state index in [1.165, 1.54) is 16.5 Å². The van der Waals surface area contributed by atoms with Gasteiger partial charge in [-0.2, -0.15) is 44.7 Å². The summed E-state index contributed by atoms with van der Waals surface area (Å²) in [4.78, 5) is 46.8. The molecule has 2 amide bonds. The van der Waals surface area contributed by atoms with Gasteiger partial charge in [0, 0.05) is 47.1 Å². The Morgan fingerprint density at radius 2 is 0.875 bits per heavy atom. The van der Waals surface area contributed by atoms with Gasteiger partial charge in [-0.15, -0.1) is 10.2 Å². The van der Waals surface area contributed by atoms with E-state index >= 15 is 0 Å². The molecule has 5 rings (SSSR count). The van der Waals surface area contributed by atoms with Crippen LogP contribution >= 0.6 is 0 Å². The van der Waals surface area contributed by atoms with Crippen LogP contribution in [0.5, 0.6) is 6.01 Å². The zero-order valence-electron chi connectivity index (χ0n) is 51.3. The molecule has 18 heteroatoms. The number of anilines is 2. The second-order valence-corrected chi connectivity index (χ2v) is 23.6. The summed E-state index contributed by atoms with van der Waals surface area (Å²) in [6, 6.07) is 14.9. The van der Waals surface area contributed by atoms with E-state index in [4.69, 9.17) is 31.4 Å². The van der Waals surface area contributed by atoms with Crippen LogP contribution in [0, 0.1) is 11.8 Å². The summed E-state index contributed by atoms with van der Waals surface area (Å²) in [7, 11) is 1.45. The number of benzene rings is 2. The van der Waals surface area contributed by atoms with E-state index in [0.717, 1.165) is 116 Å². The molecule has 2 aromatic carbocycles. The quantitative estimate of drug-likeness (QED) is 0.0399. The van der Waals surface area contributed by atoms with Crippen molar-refractivity contribution in [2.45, 2.75) is 223 Å². The van der Waals surface area contributed by atoms with Gasteiger partial charge in [0.25, 0.3) is 23.7 Å². The van der Waals surface area contributed by atoms with Crippen LogP contribution in [-0.4, -0.2) is 88.4 Å². The number of carbonyl (C=O) groups excluding carboxylic acids is 2. The third kappa shape index (κ3) is 16.7. The lowest BCUT2D eigenvalue weighted by Crippen LogP contribution is -2.43. The maximum absolute atomic E-state index is 14.3. The molecule has 4 atom stereocenters. The van der Waals surface area contributed by atoms with Gasteiger partial charge in [-0.3, -0.25) is 9.59 Å². The number of carbonyl (C=O) groups is 2. The second-order valence-electron chi connectivity index (χ2n) is 23.6. The first kappa shape index (κ1) is 64.2. The SMILES string of the molecule is CCCCC(CC)CN(C(=O)c1ccc(N=Nc2c(C(C)(C)C)nn(-c3nc(OC)nc(-n4nc(C(C)(C)C)c(N=Nc5ccc(C(=O)N(CC(CC)CCCC)C(CC)CCCC)cc5)c4N)n3)c2N)cc1)C(CC)CCCC. The van der Waals surface area contributed by atoms with E-state index < -0.39 is 10.8 Å². The minimum absolute atomic E-state index is 0.0263. The Morgan fingerprint density at radius 1 is 0.525 bits per heavy atom. The first-order valence-corrected chi connectivity index (χ1v) is 30.0. The molecule has 3 heterocycles. The van der Waals surface area contributed by atoms with Crippen molar-refractivity contribution in [1.29, 1.82) is 0 Å². The molecule has 438 valence electrons. The maximum Gasteiger partial charge on any atom is 0.322 e. The van der Waals surface area contributed by atoms with Gasteiger partial charge < -0.3 is 26.0 Å². The molecule has 0 aliphatic carbocycles. The Bertz CT molecular complexity index is 2600. The Kier molecular flexibility index (Phi) is 24.3. The number of nitrogens with two attached hydrogens (primary N) is 2. The average Bonchev–Trinajstić information content (AvgIpc) is 4.02. The summed E-state index contributed by atoms with van der Waals surface area (Å²) in [5, 5.41) is 28.4. The zero-order valence-corrected chi connectivity index (χ0v) is 51.3. The fourth-order valence-corrected chi connectivity index (χ4v) is 10.1. The van der Waals surface area contributed by atoms with Gasteiger partial charge >= 0.3 is 6.01 Å². The Balaban J connectivity index is 1.47. The van der Waals surface area contributed by atoms with Crippen molar-refractivity contribution in [1.82, 2.24) is 44.3 Å². The molecule has 5 aromatic rings. The molecule has 0 fully saturated rings. The summed E-state index contributed by atoms with van der Waals surface area (Å²) in [5.74, 6) is 1.31. The summed E-state index contributed by atoms with van der Waals surface area (Å²) >= 11 is 0. The van der Waals surface area contributed by atoms with Crippen LogP contribution in [0.1, 0.15) is 232 Å². The van der Waals surface area contributed by atoms with Crippen molar-refractivity contribution in [2.75, 3.05) is 31.7 Å². The average molecular weight is 1100 g/mol. The Labute approximate surface area is 478 Å². The number of hydrogen-bond donors (Lipinski definition) is 2. The summed E-state index contributed by atoms with van der Waals surface area (Å²) in [5.41, 5.74) is 16.8.